The average Bonchev–Trinajstić information content (AvgIpc) is 2.56. The smallest absolute Gasteiger partial charge is 0.320 e. The fourth-order valence-electron chi connectivity index (χ4n) is 0.916. The van der Waals surface area contributed by atoms with E-state index in [1.165, 1.54) is 0 Å². The number of carboxylic acid groups (broad SMARTS) is 1. The first-order valence-electron chi connectivity index (χ1n) is 4.14. The molecule has 1 atom stereocenters. The predicted molar refractivity (Wildman–Crippen MR) is 47.3 cm³/mol. The number of rotatable bonds is 5. The lowest BCUT2D eigenvalue weighted by molar-refractivity contribution is -0.139. The van der Waals surface area contributed by atoms with Crippen molar-refractivity contribution in [1.29, 1.82) is 0 Å². The van der Waals surface area contributed by atoms with E-state index in [-0.39, 0.29) is 0 Å². The summed E-state index contributed by atoms with van der Waals surface area (Å²) in [6, 6.07) is 1.33. The van der Waals surface area contributed by atoms with Crippen LogP contribution in [0.2, 0.25) is 0 Å². The van der Waals surface area contributed by atoms with Gasteiger partial charge in [0.2, 0.25) is 0 Å². The molecule has 13 heavy (non-hydrogen) atoms. The normalized spacial score (nSPS) is 12.7. The van der Waals surface area contributed by atoms with Gasteiger partial charge in [-0.05, 0) is 13.0 Å². The summed E-state index contributed by atoms with van der Waals surface area (Å²) in [5.74, 6) is -0.833. The van der Waals surface area contributed by atoms with Crippen molar-refractivity contribution in [3.05, 3.63) is 18.5 Å². The number of nitrogens with zero attached hydrogens (tertiary/aromatic N) is 2. The van der Waals surface area contributed by atoms with Gasteiger partial charge in [0.05, 0.1) is 6.54 Å². The summed E-state index contributed by atoms with van der Waals surface area (Å²) in [6.07, 6.45) is 3.54. The van der Waals surface area contributed by atoms with Gasteiger partial charge in [0.1, 0.15) is 6.04 Å². The van der Waals surface area contributed by atoms with Crippen LogP contribution in [0.1, 0.15) is 6.92 Å². The molecule has 2 N–H and O–H groups in total. The second-order valence-corrected chi connectivity index (χ2v) is 2.78. The molecule has 0 saturated heterocycles. The molecule has 0 amide bonds. The quantitative estimate of drug-likeness (QED) is 0.671. The molecule has 1 heterocycles. The van der Waals surface area contributed by atoms with Crippen molar-refractivity contribution in [3.8, 4) is 0 Å². The fourth-order valence-corrected chi connectivity index (χ4v) is 0.916. The van der Waals surface area contributed by atoms with Gasteiger partial charge in [-0.2, -0.15) is 5.10 Å². The Balaban J connectivity index is 2.18. The molecule has 5 heteroatoms. The summed E-state index contributed by atoms with van der Waals surface area (Å²) in [5.41, 5.74) is 0. The molecule has 0 aliphatic rings. The van der Waals surface area contributed by atoms with Crippen LogP contribution in [0.5, 0.6) is 0 Å². The number of aromatic nitrogens is 2. The van der Waals surface area contributed by atoms with Gasteiger partial charge in [-0.25, -0.2) is 0 Å². The maximum Gasteiger partial charge on any atom is 0.320 e. The maximum atomic E-state index is 10.4. The van der Waals surface area contributed by atoms with E-state index in [0.717, 1.165) is 0 Å². The highest BCUT2D eigenvalue weighted by atomic mass is 16.4. The van der Waals surface area contributed by atoms with E-state index in [0.29, 0.717) is 13.1 Å². The van der Waals surface area contributed by atoms with Crippen molar-refractivity contribution < 1.29 is 9.90 Å². The molecule has 0 bridgehead atoms. The molecule has 1 rings (SSSR count). The minimum atomic E-state index is -0.833. The van der Waals surface area contributed by atoms with Crippen LogP contribution < -0.4 is 5.32 Å². The first kappa shape index (κ1) is 9.73. The van der Waals surface area contributed by atoms with Gasteiger partial charge in [-0.1, -0.05) is 0 Å². The molecule has 0 unspecified atom stereocenters. The van der Waals surface area contributed by atoms with Crippen molar-refractivity contribution in [2.75, 3.05) is 6.54 Å². The summed E-state index contributed by atoms with van der Waals surface area (Å²) in [7, 11) is 0. The van der Waals surface area contributed by atoms with Gasteiger partial charge in [0.25, 0.3) is 0 Å². The molecule has 5 nitrogen and oxygen atoms in total. The number of carbonyl (C=O) groups is 1. The Morgan fingerprint density at radius 1 is 1.77 bits per heavy atom. The summed E-state index contributed by atoms with van der Waals surface area (Å²) in [5, 5.41) is 15.4. The summed E-state index contributed by atoms with van der Waals surface area (Å²) in [4.78, 5) is 10.4. The first-order valence-corrected chi connectivity index (χ1v) is 4.14. The summed E-state index contributed by atoms with van der Waals surface area (Å²) < 4.78 is 1.75. The molecular weight excluding hydrogens is 170 g/mol. The summed E-state index contributed by atoms with van der Waals surface area (Å²) in [6.45, 7) is 2.91. The van der Waals surface area contributed by atoms with Crippen LogP contribution in [0.15, 0.2) is 18.5 Å². The van der Waals surface area contributed by atoms with E-state index < -0.39 is 12.0 Å². The zero-order chi connectivity index (χ0) is 9.68. The van der Waals surface area contributed by atoms with Gasteiger partial charge >= 0.3 is 5.97 Å². The van der Waals surface area contributed by atoms with Gasteiger partial charge in [0.15, 0.2) is 0 Å². The maximum absolute atomic E-state index is 10.4. The monoisotopic (exact) mass is 183 g/mol. The van der Waals surface area contributed by atoms with Crippen LogP contribution in [0.4, 0.5) is 0 Å². The van der Waals surface area contributed by atoms with Crippen molar-refractivity contribution in [1.82, 2.24) is 15.1 Å². The number of carboxylic acids is 1. The topological polar surface area (TPSA) is 67.2 Å². The molecule has 0 fully saturated rings. The Morgan fingerprint density at radius 2 is 2.54 bits per heavy atom. The minimum absolute atomic E-state index is 0.504. The van der Waals surface area contributed by atoms with E-state index in [1.54, 1.807) is 17.8 Å². The highest BCUT2D eigenvalue weighted by Crippen LogP contribution is 1.84. The van der Waals surface area contributed by atoms with E-state index in [1.807, 2.05) is 12.3 Å². The lowest BCUT2D eigenvalue weighted by Gasteiger charge is -2.08. The predicted octanol–water partition coefficient (Wildman–Crippen LogP) is -0.0542. The lowest BCUT2D eigenvalue weighted by Crippen LogP contribution is -2.35. The minimum Gasteiger partial charge on any atom is -0.480 e. The highest BCUT2D eigenvalue weighted by Gasteiger charge is 2.08. The molecule has 0 radical (unpaired) electrons. The zero-order valence-electron chi connectivity index (χ0n) is 7.47. The van der Waals surface area contributed by atoms with Gasteiger partial charge < -0.3 is 10.4 Å². The average molecular weight is 183 g/mol. The highest BCUT2D eigenvalue weighted by molar-refractivity contribution is 5.72. The van der Waals surface area contributed by atoms with Crippen molar-refractivity contribution >= 4 is 5.97 Å². The molecular formula is C8H13N3O2. The molecule has 0 aliphatic heterocycles. The van der Waals surface area contributed by atoms with Crippen molar-refractivity contribution in [3.63, 3.8) is 0 Å². The van der Waals surface area contributed by atoms with Crippen LogP contribution in [-0.4, -0.2) is 33.4 Å². The van der Waals surface area contributed by atoms with Crippen LogP contribution in [-0.2, 0) is 11.3 Å². The van der Waals surface area contributed by atoms with Crippen LogP contribution in [0, 0.1) is 0 Å². The fraction of sp³-hybridized carbons (Fsp3) is 0.500. The van der Waals surface area contributed by atoms with Crippen molar-refractivity contribution in [2.24, 2.45) is 0 Å². The lowest BCUT2D eigenvalue weighted by atomic mass is 10.3. The van der Waals surface area contributed by atoms with Crippen LogP contribution in [0.25, 0.3) is 0 Å². The standard InChI is InChI=1S/C8H13N3O2/c1-7(8(12)13)9-4-6-11-5-2-3-10-11/h2-3,5,7,9H,4,6H2,1H3,(H,12,13)/t7-/m0/s1. The Hall–Kier alpha value is -1.36. The third-order valence-corrected chi connectivity index (χ3v) is 1.72. The third kappa shape index (κ3) is 3.25. The second-order valence-electron chi connectivity index (χ2n) is 2.78. The Bertz CT molecular complexity index is 258. The van der Waals surface area contributed by atoms with Gasteiger partial charge in [-0.3, -0.25) is 9.48 Å². The molecule has 0 aliphatic carbocycles. The Labute approximate surface area is 76.4 Å². The van der Waals surface area contributed by atoms with E-state index in [2.05, 4.69) is 10.4 Å². The molecule has 0 spiro atoms. The number of aliphatic carboxylic acids is 1. The van der Waals surface area contributed by atoms with E-state index in [4.69, 9.17) is 5.11 Å². The Morgan fingerprint density at radius 3 is 3.08 bits per heavy atom. The van der Waals surface area contributed by atoms with Crippen LogP contribution in [0.3, 0.4) is 0 Å². The molecule has 72 valence electrons. The molecule has 0 aromatic carbocycles. The third-order valence-electron chi connectivity index (χ3n) is 1.72. The van der Waals surface area contributed by atoms with E-state index >= 15 is 0 Å². The largest absolute Gasteiger partial charge is 0.480 e. The Kier molecular flexibility index (Phi) is 3.45. The molecule has 1 aromatic rings. The van der Waals surface area contributed by atoms with Crippen LogP contribution >= 0.6 is 0 Å². The van der Waals surface area contributed by atoms with E-state index in [9.17, 15) is 4.79 Å². The SMILES string of the molecule is C[C@H](NCCn1cccn1)C(=O)O. The second kappa shape index (κ2) is 4.61. The number of hydrogen-bond donors (Lipinski definition) is 2. The van der Waals surface area contributed by atoms with Crippen molar-refractivity contribution in [2.45, 2.75) is 19.5 Å². The number of hydrogen-bond acceptors (Lipinski definition) is 3. The molecule has 0 saturated carbocycles. The first-order chi connectivity index (χ1) is 6.20. The zero-order valence-corrected chi connectivity index (χ0v) is 7.47. The van der Waals surface area contributed by atoms with Gasteiger partial charge in [0, 0.05) is 18.9 Å². The molecule has 1 aromatic heterocycles. The number of nitrogens with one attached hydrogen (secondary N) is 1. The summed E-state index contributed by atoms with van der Waals surface area (Å²) >= 11 is 0. The van der Waals surface area contributed by atoms with Gasteiger partial charge in [-0.15, -0.1) is 0 Å².